The molecule has 0 saturated carbocycles. The Labute approximate surface area is 416 Å². The molecule has 0 spiro atoms. The SMILES string of the molecule is COc1cc(NC(=O)c2cc(N=NC(C(C)=O)C(=O)Nc3ccc(NC(=O)C(N=Nc4ccc(Cl)c(C(=O)Nc5cc(OC)cc(C(C)Cl)c5)c4)C(C)=O)c(CCl)c3)ccc2Cl)cc(C(C)Cl)c1. The maximum atomic E-state index is 13.4. The van der Waals surface area contributed by atoms with Crippen LogP contribution in [0.2, 0.25) is 10.0 Å². The molecule has 0 heterocycles. The summed E-state index contributed by atoms with van der Waals surface area (Å²) in [6.07, 6.45) is 0. The molecule has 0 aliphatic rings. The summed E-state index contributed by atoms with van der Waals surface area (Å²) in [6.45, 7) is 5.86. The quantitative estimate of drug-likeness (QED) is 0.0353. The number of rotatable bonds is 19. The van der Waals surface area contributed by atoms with Crippen molar-refractivity contribution < 1.29 is 38.2 Å². The number of hydrogen-bond donors (Lipinski definition) is 4. The number of alkyl halides is 3. The molecule has 0 aliphatic carbocycles. The molecule has 0 aliphatic heterocycles. The smallest absolute Gasteiger partial charge is 0.258 e. The Balaban J connectivity index is 1.26. The van der Waals surface area contributed by atoms with Crippen LogP contribution in [0.3, 0.4) is 0 Å². The van der Waals surface area contributed by atoms with E-state index in [-0.39, 0.29) is 60.6 Å². The van der Waals surface area contributed by atoms with Gasteiger partial charge in [-0.3, -0.25) is 28.8 Å². The third-order valence-electron chi connectivity index (χ3n) is 9.77. The minimum atomic E-state index is -1.62. The second-order valence-electron chi connectivity index (χ2n) is 14.9. The lowest BCUT2D eigenvalue weighted by Crippen LogP contribution is -2.32. The van der Waals surface area contributed by atoms with E-state index in [1.807, 2.05) is 0 Å². The molecule has 5 rings (SSSR count). The minimum absolute atomic E-state index is 0.0340. The molecule has 0 fully saturated rings. The number of nitrogens with zero attached hydrogens (tertiary/aromatic N) is 4. The number of halogens is 5. The third-order valence-corrected chi connectivity index (χ3v) is 11.2. The van der Waals surface area contributed by atoms with E-state index in [1.165, 1.54) is 68.8 Å². The maximum Gasteiger partial charge on any atom is 0.258 e. The van der Waals surface area contributed by atoms with Crippen molar-refractivity contribution in [3.8, 4) is 11.5 Å². The second kappa shape index (κ2) is 24.0. The average molecular weight is 1030 g/mol. The molecule has 4 N–H and O–H groups in total. The Hall–Kier alpha value is -6.43. The van der Waals surface area contributed by atoms with Gasteiger partial charge in [0.25, 0.3) is 23.6 Å². The van der Waals surface area contributed by atoms with Crippen LogP contribution in [0.15, 0.2) is 111 Å². The highest BCUT2D eigenvalue weighted by atomic mass is 35.5. The van der Waals surface area contributed by atoms with Crippen molar-refractivity contribution in [1.82, 2.24) is 0 Å². The lowest BCUT2D eigenvalue weighted by molar-refractivity contribution is -0.127. The van der Waals surface area contributed by atoms with E-state index in [0.717, 1.165) is 13.8 Å². The molecule has 21 heteroatoms. The molecule has 4 amide bonds. The molecule has 0 bridgehead atoms. The molecular weight excluding hydrogens is 982 g/mol. The second-order valence-corrected chi connectivity index (χ2v) is 17.3. The molecule has 5 aromatic rings. The zero-order valence-electron chi connectivity index (χ0n) is 37.1. The van der Waals surface area contributed by atoms with Gasteiger partial charge in [0.15, 0.2) is 11.6 Å². The van der Waals surface area contributed by atoms with Crippen LogP contribution in [-0.2, 0) is 25.1 Å². The number of benzene rings is 5. The van der Waals surface area contributed by atoms with E-state index in [1.54, 1.807) is 50.2 Å². The fourth-order valence-corrected chi connectivity index (χ4v) is 7.06. The summed E-state index contributed by atoms with van der Waals surface area (Å²) in [5.74, 6) is -3.35. The van der Waals surface area contributed by atoms with Crippen molar-refractivity contribution in [1.29, 1.82) is 0 Å². The third kappa shape index (κ3) is 14.1. The van der Waals surface area contributed by atoms with Gasteiger partial charge in [-0.25, -0.2) is 0 Å². The number of methoxy groups -OCH3 is 2. The van der Waals surface area contributed by atoms with Gasteiger partial charge >= 0.3 is 0 Å². The van der Waals surface area contributed by atoms with E-state index in [4.69, 9.17) is 67.5 Å². The standard InChI is InChI=1S/C47H43Cl5N8O8/c1-23(49)27-13-33(18-35(16-27)67-5)54-44(63)37-20-31(7-10-39(37)51)57-59-42(25(3)61)46(65)53-30-9-12-41(29(15-30)22-48)56-47(66)43(26(4)62)60-58-32-8-11-40(52)38(21-32)45(64)55-34-14-28(24(2)50)17-36(19-34)68-6/h7-21,23-24,42-43H,22H2,1-6H3,(H,53,65)(H,54,63)(H,55,64)(H,56,66). The number of ketones is 2. The number of carbonyl (C=O) groups is 6. The van der Waals surface area contributed by atoms with E-state index in [2.05, 4.69) is 41.7 Å². The van der Waals surface area contributed by atoms with Crippen molar-refractivity contribution in [2.24, 2.45) is 20.5 Å². The average Bonchev–Trinajstić information content (AvgIpc) is 3.29. The first-order valence-corrected chi connectivity index (χ1v) is 22.5. The number of carbonyl (C=O) groups excluding carboxylic acids is 6. The summed E-state index contributed by atoms with van der Waals surface area (Å²) >= 11 is 31.5. The Morgan fingerprint density at radius 2 is 1.00 bits per heavy atom. The van der Waals surface area contributed by atoms with Gasteiger partial charge in [0, 0.05) is 40.8 Å². The zero-order valence-corrected chi connectivity index (χ0v) is 40.9. The molecule has 0 aromatic heterocycles. The summed E-state index contributed by atoms with van der Waals surface area (Å²) in [5, 5.41) is 26.3. The van der Waals surface area contributed by atoms with Gasteiger partial charge in [0.2, 0.25) is 12.1 Å². The molecule has 16 nitrogen and oxygen atoms in total. The van der Waals surface area contributed by atoms with Crippen LogP contribution in [0.1, 0.15) is 75.9 Å². The molecule has 68 heavy (non-hydrogen) atoms. The number of anilines is 4. The maximum absolute atomic E-state index is 13.4. The summed E-state index contributed by atoms with van der Waals surface area (Å²) in [4.78, 5) is 78.7. The first kappa shape index (κ1) is 52.5. The van der Waals surface area contributed by atoms with Crippen molar-refractivity contribution in [2.75, 3.05) is 35.5 Å². The number of amides is 4. The highest BCUT2D eigenvalue weighted by Gasteiger charge is 2.26. The number of Topliss-reactive ketones (excluding diaryl/α,β-unsaturated/α-hetero) is 2. The van der Waals surface area contributed by atoms with Crippen molar-refractivity contribution in [2.45, 2.75) is 56.4 Å². The van der Waals surface area contributed by atoms with Crippen LogP contribution in [0.25, 0.3) is 0 Å². The van der Waals surface area contributed by atoms with Crippen LogP contribution in [-0.4, -0.2) is 61.5 Å². The van der Waals surface area contributed by atoms with Crippen molar-refractivity contribution in [3.05, 3.63) is 129 Å². The molecular formula is C47H43Cl5N8O8. The van der Waals surface area contributed by atoms with Gasteiger partial charge in [-0.05, 0) is 123 Å². The van der Waals surface area contributed by atoms with Crippen LogP contribution in [0, 0.1) is 0 Å². The zero-order chi connectivity index (χ0) is 49.8. The molecule has 0 radical (unpaired) electrons. The normalized spacial score (nSPS) is 13.0. The number of nitrogens with one attached hydrogen (secondary N) is 4. The Kier molecular flexibility index (Phi) is 18.6. The van der Waals surface area contributed by atoms with Crippen LogP contribution < -0.4 is 30.7 Å². The van der Waals surface area contributed by atoms with E-state index < -0.39 is 47.3 Å². The van der Waals surface area contributed by atoms with Gasteiger partial charge in [0.05, 0.1) is 57.5 Å². The largest absolute Gasteiger partial charge is 0.497 e. The van der Waals surface area contributed by atoms with Crippen LogP contribution in [0.4, 0.5) is 34.1 Å². The summed E-state index contributed by atoms with van der Waals surface area (Å²) < 4.78 is 10.6. The number of azo groups is 2. The number of ether oxygens (including phenoxy) is 2. The molecule has 5 aromatic carbocycles. The highest BCUT2D eigenvalue weighted by Crippen LogP contribution is 2.32. The summed E-state index contributed by atoms with van der Waals surface area (Å²) in [7, 11) is 2.97. The van der Waals surface area contributed by atoms with Crippen LogP contribution >= 0.6 is 58.0 Å². The molecule has 0 saturated heterocycles. The summed E-state index contributed by atoms with van der Waals surface area (Å²) in [5.41, 5.74) is 3.23. The van der Waals surface area contributed by atoms with Gasteiger partial charge in [-0.2, -0.15) is 20.5 Å². The van der Waals surface area contributed by atoms with Crippen molar-refractivity contribution in [3.63, 3.8) is 0 Å². The first-order valence-electron chi connectivity index (χ1n) is 20.3. The Morgan fingerprint density at radius 3 is 1.40 bits per heavy atom. The Bertz CT molecular complexity index is 2820. The number of hydrogen-bond acceptors (Lipinski definition) is 12. The van der Waals surface area contributed by atoms with Gasteiger partial charge in [-0.15, -0.1) is 34.8 Å². The molecule has 4 atom stereocenters. The Morgan fingerprint density at radius 1 is 0.559 bits per heavy atom. The monoisotopic (exact) mass is 1020 g/mol. The predicted molar refractivity (Wildman–Crippen MR) is 265 cm³/mol. The van der Waals surface area contributed by atoms with Gasteiger partial charge in [-0.1, -0.05) is 23.2 Å². The highest BCUT2D eigenvalue weighted by molar-refractivity contribution is 6.35. The van der Waals surface area contributed by atoms with E-state index >= 15 is 0 Å². The van der Waals surface area contributed by atoms with Crippen molar-refractivity contribution >= 4 is 127 Å². The molecule has 4 unspecified atom stereocenters. The first-order chi connectivity index (χ1) is 32.3. The van der Waals surface area contributed by atoms with E-state index in [9.17, 15) is 28.8 Å². The van der Waals surface area contributed by atoms with Gasteiger partial charge < -0.3 is 30.7 Å². The summed E-state index contributed by atoms with van der Waals surface area (Å²) in [6, 6.07) is 19.6. The fraction of sp³-hybridized carbons (Fsp3) is 0.234. The lowest BCUT2D eigenvalue weighted by Gasteiger charge is -2.15. The van der Waals surface area contributed by atoms with Crippen LogP contribution in [0.5, 0.6) is 11.5 Å². The topological polar surface area (TPSA) is 218 Å². The van der Waals surface area contributed by atoms with Gasteiger partial charge in [0.1, 0.15) is 11.5 Å². The lowest BCUT2D eigenvalue weighted by atomic mass is 10.1. The minimum Gasteiger partial charge on any atom is -0.497 e. The predicted octanol–water partition coefficient (Wildman–Crippen LogP) is 12.2. The van der Waals surface area contributed by atoms with E-state index in [0.29, 0.717) is 39.6 Å². The fourth-order valence-electron chi connectivity index (χ4n) is 6.18. The molecule has 354 valence electrons.